The fourth-order valence-electron chi connectivity index (χ4n) is 3.27. The Morgan fingerprint density at radius 1 is 1.00 bits per heavy atom. The van der Waals surface area contributed by atoms with Gasteiger partial charge >= 0.3 is 0 Å². The van der Waals surface area contributed by atoms with Gasteiger partial charge in [-0.15, -0.1) is 0 Å². The van der Waals surface area contributed by atoms with Gasteiger partial charge in [0.05, 0.1) is 5.69 Å². The second-order valence-electron chi connectivity index (χ2n) is 6.83. The number of hydrogen-bond donors (Lipinski definition) is 0. The highest BCUT2D eigenvalue weighted by Crippen LogP contribution is 2.31. The molecule has 1 aliphatic heterocycles. The molecule has 3 rings (SSSR count). The zero-order chi connectivity index (χ0) is 18.0. The number of hydrogen-bond acceptors (Lipinski definition) is 5. The Morgan fingerprint density at radius 2 is 1.68 bits per heavy atom. The van der Waals surface area contributed by atoms with Crippen LogP contribution >= 0.6 is 0 Å². The Morgan fingerprint density at radius 3 is 2.36 bits per heavy atom. The first kappa shape index (κ1) is 17.5. The number of likely N-dealkylation sites (N-methyl/N-ethyl adjacent to an activating group) is 1. The third-order valence-corrected chi connectivity index (χ3v) is 4.77. The van der Waals surface area contributed by atoms with Crippen LogP contribution < -0.4 is 4.90 Å². The number of piperazine rings is 1. The average Bonchev–Trinajstić information content (AvgIpc) is 2.58. The molecule has 0 saturated carbocycles. The van der Waals surface area contributed by atoms with Gasteiger partial charge in [0.25, 0.3) is 0 Å². The average molecular weight is 337 g/mol. The lowest BCUT2D eigenvalue weighted by molar-refractivity contribution is 0.312. The van der Waals surface area contributed by atoms with E-state index in [4.69, 9.17) is 9.98 Å². The van der Waals surface area contributed by atoms with E-state index in [9.17, 15) is 0 Å². The third kappa shape index (κ3) is 3.87. The second kappa shape index (κ2) is 7.31. The molecule has 1 aliphatic rings. The molecule has 0 aliphatic carbocycles. The maximum atomic E-state index is 4.96. The van der Waals surface area contributed by atoms with Crippen molar-refractivity contribution in [2.75, 3.05) is 38.1 Å². The highest BCUT2D eigenvalue weighted by Gasteiger charge is 2.21. The quantitative estimate of drug-likeness (QED) is 0.806. The lowest BCUT2D eigenvalue weighted by Gasteiger charge is -2.34. The SMILES string of the molecule is CC(=Nc1c(C)nc(C)nc1N1CCN(C)CC1)c1ccccc1C. The minimum atomic E-state index is 0.805. The van der Waals surface area contributed by atoms with Crippen molar-refractivity contribution in [1.29, 1.82) is 0 Å². The van der Waals surface area contributed by atoms with Gasteiger partial charge in [0.2, 0.25) is 0 Å². The summed E-state index contributed by atoms with van der Waals surface area (Å²) in [5.41, 5.74) is 5.25. The van der Waals surface area contributed by atoms with Crippen LogP contribution in [0.3, 0.4) is 0 Å². The van der Waals surface area contributed by atoms with Gasteiger partial charge in [-0.05, 0) is 45.9 Å². The van der Waals surface area contributed by atoms with Crippen molar-refractivity contribution in [1.82, 2.24) is 14.9 Å². The summed E-state index contributed by atoms with van der Waals surface area (Å²) in [5.74, 6) is 1.77. The van der Waals surface area contributed by atoms with E-state index in [1.54, 1.807) is 0 Å². The number of nitrogens with zero attached hydrogens (tertiary/aromatic N) is 5. The molecular weight excluding hydrogens is 310 g/mol. The van der Waals surface area contributed by atoms with E-state index in [1.807, 2.05) is 13.8 Å². The fraction of sp³-hybridized carbons (Fsp3) is 0.450. The number of rotatable bonds is 3. The standard InChI is InChI=1S/C20H27N5/c1-14-8-6-7-9-18(14)15(2)22-19-16(3)21-17(4)23-20(19)25-12-10-24(5)11-13-25/h6-9H,10-13H2,1-5H3. The van der Waals surface area contributed by atoms with Gasteiger partial charge in [0.1, 0.15) is 11.5 Å². The molecule has 5 nitrogen and oxygen atoms in total. The Balaban J connectivity index is 2.03. The van der Waals surface area contributed by atoms with Gasteiger partial charge in [-0.2, -0.15) is 0 Å². The molecule has 0 amide bonds. The summed E-state index contributed by atoms with van der Waals surface area (Å²) in [6.45, 7) is 12.2. The van der Waals surface area contributed by atoms with Gasteiger partial charge in [0.15, 0.2) is 5.82 Å². The highest BCUT2D eigenvalue weighted by molar-refractivity contribution is 6.02. The molecule has 25 heavy (non-hydrogen) atoms. The molecule has 5 heteroatoms. The van der Waals surface area contributed by atoms with Crippen LogP contribution in [0.1, 0.15) is 29.6 Å². The van der Waals surface area contributed by atoms with Gasteiger partial charge in [0, 0.05) is 31.9 Å². The van der Waals surface area contributed by atoms with E-state index < -0.39 is 0 Å². The molecule has 2 heterocycles. The number of benzene rings is 1. The molecule has 0 radical (unpaired) electrons. The largest absolute Gasteiger partial charge is 0.352 e. The first-order valence-electron chi connectivity index (χ1n) is 8.85. The Kier molecular flexibility index (Phi) is 5.13. The van der Waals surface area contributed by atoms with Gasteiger partial charge in [-0.25, -0.2) is 15.0 Å². The lowest BCUT2D eigenvalue weighted by Crippen LogP contribution is -2.45. The van der Waals surface area contributed by atoms with Crippen LogP contribution in [-0.4, -0.2) is 53.8 Å². The van der Waals surface area contributed by atoms with Crippen LogP contribution in [0.4, 0.5) is 11.5 Å². The van der Waals surface area contributed by atoms with E-state index in [-0.39, 0.29) is 0 Å². The molecule has 1 aromatic carbocycles. The van der Waals surface area contributed by atoms with Gasteiger partial charge in [-0.3, -0.25) is 0 Å². The van der Waals surface area contributed by atoms with Crippen LogP contribution in [0.15, 0.2) is 29.3 Å². The van der Waals surface area contributed by atoms with Crippen molar-refractivity contribution < 1.29 is 0 Å². The van der Waals surface area contributed by atoms with Crippen molar-refractivity contribution in [2.45, 2.75) is 27.7 Å². The smallest absolute Gasteiger partial charge is 0.158 e. The summed E-state index contributed by atoms with van der Waals surface area (Å²) in [6, 6.07) is 8.35. The summed E-state index contributed by atoms with van der Waals surface area (Å²) < 4.78 is 0. The molecule has 0 bridgehead atoms. The van der Waals surface area contributed by atoms with Crippen molar-refractivity contribution in [3.8, 4) is 0 Å². The molecule has 2 aromatic rings. The molecule has 0 unspecified atom stereocenters. The van der Waals surface area contributed by atoms with E-state index in [1.165, 1.54) is 11.1 Å². The predicted octanol–water partition coefficient (Wildman–Crippen LogP) is 3.29. The Hall–Kier alpha value is -2.27. The number of aliphatic imine (C=N–C) groups is 1. The summed E-state index contributed by atoms with van der Waals surface area (Å²) in [5, 5.41) is 0. The molecule has 132 valence electrons. The van der Waals surface area contributed by atoms with Gasteiger partial charge < -0.3 is 9.80 Å². The summed E-state index contributed by atoms with van der Waals surface area (Å²) in [4.78, 5) is 18.9. The summed E-state index contributed by atoms with van der Waals surface area (Å²) in [6.07, 6.45) is 0. The monoisotopic (exact) mass is 337 g/mol. The maximum Gasteiger partial charge on any atom is 0.158 e. The molecule has 0 spiro atoms. The fourth-order valence-corrected chi connectivity index (χ4v) is 3.27. The molecule has 1 saturated heterocycles. The van der Waals surface area contributed by atoms with Crippen molar-refractivity contribution in [3.63, 3.8) is 0 Å². The van der Waals surface area contributed by atoms with Crippen LogP contribution in [0.25, 0.3) is 0 Å². The second-order valence-corrected chi connectivity index (χ2v) is 6.83. The zero-order valence-corrected chi connectivity index (χ0v) is 15.9. The number of aryl methyl sites for hydroxylation is 3. The molecular formula is C20H27N5. The molecule has 0 N–H and O–H groups in total. The molecule has 1 fully saturated rings. The zero-order valence-electron chi connectivity index (χ0n) is 15.9. The van der Waals surface area contributed by atoms with Crippen molar-refractivity contribution >= 4 is 17.2 Å². The van der Waals surface area contributed by atoms with Gasteiger partial charge in [-0.1, -0.05) is 24.3 Å². The van der Waals surface area contributed by atoms with E-state index in [0.29, 0.717) is 0 Å². The lowest BCUT2D eigenvalue weighted by atomic mass is 10.1. The van der Waals surface area contributed by atoms with Crippen LogP contribution in [0, 0.1) is 20.8 Å². The van der Waals surface area contributed by atoms with Crippen LogP contribution in [-0.2, 0) is 0 Å². The first-order chi connectivity index (χ1) is 12.0. The normalized spacial score (nSPS) is 16.4. The molecule has 0 atom stereocenters. The first-order valence-corrected chi connectivity index (χ1v) is 8.85. The van der Waals surface area contributed by atoms with Crippen LogP contribution in [0.5, 0.6) is 0 Å². The Labute approximate surface area is 150 Å². The predicted molar refractivity (Wildman–Crippen MR) is 104 cm³/mol. The maximum absolute atomic E-state index is 4.96. The van der Waals surface area contributed by atoms with Crippen molar-refractivity contribution in [2.24, 2.45) is 4.99 Å². The topological polar surface area (TPSA) is 44.6 Å². The van der Waals surface area contributed by atoms with Crippen molar-refractivity contribution in [3.05, 3.63) is 46.9 Å². The minimum Gasteiger partial charge on any atom is -0.352 e. The van der Waals surface area contributed by atoms with E-state index in [2.05, 4.69) is 59.9 Å². The van der Waals surface area contributed by atoms with Crippen LogP contribution in [0.2, 0.25) is 0 Å². The number of aromatic nitrogens is 2. The molecule has 1 aromatic heterocycles. The summed E-state index contributed by atoms with van der Waals surface area (Å²) >= 11 is 0. The minimum absolute atomic E-state index is 0.805. The number of anilines is 1. The third-order valence-electron chi connectivity index (χ3n) is 4.77. The van der Waals surface area contributed by atoms with E-state index >= 15 is 0 Å². The highest BCUT2D eigenvalue weighted by atomic mass is 15.3. The Bertz CT molecular complexity index is 789. The van der Waals surface area contributed by atoms with E-state index in [0.717, 1.165) is 54.9 Å². The summed E-state index contributed by atoms with van der Waals surface area (Å²) in [7, 11) is 2.16.